The van der Waals surface area contributed by atoms with Gasteiger partial charge in [-0.2, -0.15) is 0 Å². The van der Waals surface area contributed by atoms with Crippen LogP contribution in [0, 0.1) is 83.1 Å². The molecule has 0 amide bonds. The second-order valence-corrected chi connectivity index (χ2v) is 31.2. The SMILES string of the molecule is Cc1ccc(C2(c3ccc(C)cc3)c3cc(C)ccc3-c3ccc(C)cc32)cc1.Cc1ccc(N(c2ccc(-c3ccc(N(c4ccc(C)cc4)c4c(C)cc(C(C)(C)C)cc4C)cc3)cc2)c2c(C)cc(C(C)(C)C)cc2C)cc1.Cc1ccc2c(c1)C(C)(C)c1cc(C)ccc1-2. The number of hydrogen-bond acceptors (Lipinski definition) is 2. The topological polar surface area (TPSA) is 6.48 Å². The van der Waals surface area contributed by atoms with Crippen LogP contribution in [-0.2, 0) is 21.7 Å². The fraction of sp³-hybridized carbons (Fsp3) is 0.250. The lowest BCUT2D eigenvalue weighted by molar-refractivity contribution is 0.589. The third kappa shape index (κ3) is 13.2. The molecule has 0 saturated heterocycles. The first kappa shape index (κ1) is 68.2. The van der Waals surface area contributed by atoms with Gasteiger partial charge >= 0.3 is 0 Å². The molecule has 12 aromatic rings. The highest BCUT2D eigenvalue weighted by Crippen LogP contribution is 2.57. The van der Waals surface area contributed by atoms with E-state index < -0.39 is 0 Å². The van der Waals surface area contributed by atoms with E-state index in [0.717, 1.165) is 22.7 Å². The van der Waals surface area contributed by atoms with E-state index in [1.54, 1.807) is 0 Å². The molecule has 0 N–H and O–H groups in total. The zero-order valence-electron chi connectivity index (χ0n) is 62.0. The van der Waals surface area contributed by atoms with E-state index in [0.29, 0.717) is 0 Å². The second-order valence-electron chi connectivity index (χ2n) is 31.2. The van der Waals surface area contributed by atoms with E-state index in [1.165, 1.54) is 156 Å². The first-order valence-electron chi connectivity index (χ1n) is 35.3. The Labute approximate surface area is 587 Å². The molecule has 0 fully saturated rings. The zero-order chi connectivity index (χ0) is 69.9. The lowest BCUT2D eigenvalue weighted by atomic mass is 9.67. The van der Waals surface area contributed by atoms with Crippen molar-refractivity contribution in [2.45, 2.75) is 160 Å². The van der Waals surface area contributed by atoms with E-state index >= 15 is 0 Å². The van der Waals surface area contributed by atoms with Gasteiger partial charge in [0, 0.05) is 28.2 Å². The molecule has 0 aromatic heterocycles. The van der Waals surface area contributed by atoms with Crippen molar-refractivity contribution < 1.29 is 0 Å². The molecule has 12 aromatic carbocycles. The Bertz CT molecular complexity index is 4550. The van der Waals surface area contributed by atoms with Gasteiger partial charge in [0.05, 0.1) is 16.8 Å². The maximum atomic E-state index is 2.42. The summed E-state index contributed by atoms with van der Waals surface area (Å²) in [6.45, 7) is 44.7. The smallest absolute Gasteiger partial charge is 0.0713 e. The van der Waals surface area contributed by atoms with Crippen LogP contribution in [0.3, 0.4) is 0 Å². The van der Waals surface area contributed by atoms with E-state index in [-0.39, 0.29) is 21.7 Å². The molecular weight excluding hydrogens is 1180 g/mol. The first-order valence-corrected chi connectivity index (χ1v) is 35.3. The summed E-state index contributed by atoms with van der Waals surface area (Å²) in [5.74, 6) is 0. The highest BCUT2D eigenvalue weighted by Gasteiger charge is 2.46. The molecule has 98 heavy (non-hydrogen) atoms. The highest BCUT2D eigenvalue weighted by molar-refractivity contribution is 5.88. The Morgan fingerprint density at radius 1 is 0.245 bits per heavy atom. The molecule has 2 aliphatic carbocycles. The van der Waals surface area contributed by atoms with Crippen LogP contribution in [-0.4, -0.2) is 0 Å². The van der Waals surface area contributed by atoms with Crippen LogP contribution < -0.4 is 9.80 Å². The average Bonchev–Trinajstić information content (AvgIpc) is 1.56. The Morgan fingerprint density at radius 2 is 0.469 bits per heavy atom. The normalized spacial score (nSPS) is 13.1. The molecule has 0 heterocycles. The quantitative estimate of drug-likeness (QED) is 0.142. The number of aryl methyl sites for hydroxylation is 12. The second kappa shape index (κ2) is 26.6. The van der Waals surface area contributed by atoms with Crippen molar-refractivity contribution in [3.8, 4) is 33.4 Å². The lowest BCUT2D eigenvalue weighted by Gasteiger charge is -2.34. The largest absolute Gasteiger partial charge is 0.310 e. The van der Waals surface area contributed by atoms with Crippen molar-refractivity contribution in [3.05, 3.63) is 354 Å². The summed E-state index contributed by atoms with van der Waals surface area (Å²) in [6, 6.07) is 91.1. The van der Waals surface area contributed by atoms with E-state index in [1.807, 2.05) is 0 Å². The number of rotatable bonds is 9. The molecule has 0 bridgehead atoms. The van der Waals surface area contributed by atoms with Crippen molar-refractivity contribution in [1.82, 2.24) is 0 Å². The summed E-state index contributed by atoms with van der Waals surface area (Å²) in [7, 11) is 0. The highest BCUT2D eigenvalue weighted by atomic mass is 15.2. The molecule has 0 spiro atoms. The van der Waals surface area contributed by atoms with E-state index in [4.69, 9.17) is 0 Å². The van der Waals surface area contributed by atoms with Gasteiger partial charge in [-0.05, 0) is 243 Å². The third-order valence-electron chi connectivity index (χ3n) is 20.7. The van der Waals surface area contributed by atoms with Gasteiger partial charge in [-0.25, -0.2) is 0 Å². The fourth-order valence-electron chi connectivity index (χ4n) is 15.2. The summed E-state index contributed by atoms with van der Waals surface area (Å²) >= 11 is 0. The van der Waals surface area contributed by atoms with Crippen LogP contribution in [0.15, 0.2) is 243 Å². The predicted molar refractivity (Wildman–Crippen MR) is 423 cm³/mol. The number of anilines is 6. The maximum Gasteiger partial charge on any atom is 0.0713 e. The summed E-state index contributed by atoms with van der Waals surface area (Å²) in [4.78, 5) is 4.83. The van der Waals surface area contributed by atoms with Crippen LogP contribution in [0.25, 0.3) is 33.4 Å². The molecule has 0 atom stereocenters. The van der Waals surface area contributed by atoms with E-state index in [2.05, 4.69) is 391 Å². The van der Waals surface area contributed by atoms with Crippen LogP contribution in [0.5, 0.6) is 0 Å². The van der Waals surface area contributed by atoms with Crippen molar-refractivity contribution in [3.63, 3.8) is 0 Å². The molecule has 2 heteroatoms. The lowest BCUT2D eigenvalue weighted by Crippen LogP contribution is -2.28. The van der Waals surface area contributed by atoms with Crippen LogP contribution in [0.4, 0.5) is 34.1 Å². The van der Waals surface area contributed by atoms with Gasteiger partial charge in [-0.15, -0.1) is 0 Å². The molecule has 494 valence electrons. The van der Waals surface area contributed by atoms with Gasteiger partial charge in [0.1, 0.15) is 0 Å². The standard InChI is InChI=1S/C50H56N2.C29H26.C17H18/c1-33-13-21-43(22-14-33)51(47-35(3)29-41(30-36(47)4)49(7,8)9)45-25-17-39(18-26-45)40-19-27-46(28-20-40)52(44-23-15-34(2)16-24-44)48-37(5)31-42(32-38(48)6)50(10,11)12;1-19-5-11-23(12-6-19)29(24-13-7-20(2)8-14-24)27-17-21(3)9-15-25(27)26-16-10-22(4)18-28(26)29;1-11-5-7-13-14-8-6-12(2)10-16(14)17(3,4)15(13)9-11/h13-32H,1-12H3;5-18H,1-4H3;5-10H,1-4H3. The Morgan fingerprint density at radius 3 is 0.735 bits per heavy atom. The molecule has 0 aliphatic heterocycles. The molecule has 2 aliphatic rings. The van der Waals surface area contributed by atoms with Gasteiger partial charge < -0.3 is 9.80 Å². The Hall–Kier alpha value is -9.76. The number of nitrogens with zero attached hydrogens (tertiary/aromatic N) is 2. The predicted octanol–water partition coefficient (Wildman–Crippen LogP) is 26.6. The van der Waals surface area contributed by atoms with Gasteiger partial charge in [0.25, 0.3) is 0 Å². The Balaban J connectivity index is 0.000000164. The van der Waals surface area contributed by atoms with Gasteiger partial charge in [0.15, 0.2) is 0 Å². The third-order valence-corrected chi connectivity index (χ3v) is 20.7. The van der Waals surface area contributed by atoms with Gasteiger partial charge in [-0.3, -0.25) is 0 Å². The maximum absolute atomic E-state index is 2.42. The zero-order valence-corrected chi connectivity index (χ0v) is 62.0. The van der Waals surface area contributed by atoms with Crippen molar-refractivity contribution in [2.75, 3.05) is 9.80 Å². The fourth-order valence-corrected chi connectivity index (χ4v) is 15.2. The molecule has 0 unspecified atom stereocenters. The van der Waals surface area contributed by atoms with Crippen molar-refractivity contribution >= 4 is 34.1 Å². The molecule has 14 rings (SSSR count). The van der Waals surface area contributed by atoms with Crippen molar-refractivity contribution in [1.29, 1.82) is 0 Å². The minimum atomic E-state index is -0.288. The van der Waals surface area contributed by atoms with E-state index in [9.17, 15) is 0 Å². The Kier molecular flexibility index (Phi) is 18.5. The molecular formula is C96H100N2. The van der Waals surface area contributed by atoms with Crippen LogP contribution >= 0.6 is 0 Å². The van der Waals surface area contributed by atoms with Crippen molar-refractivity contribution in [2.24, 2.45) is 0 Å². The minimum Gasteiger partial charge on any atom is -0.310 e. The number of hydrogen-bond donors (Lipinski definition) is 0. The molecule has 0 radical (unpaired) electrons. The minimum absolute atomic E-state index is 0.0889. The molecule has 0 saturated carbocycles. The van der Waals surface area contributed by atoms with Gasteiger partial charge in [0.2, 0.25) is 0 Å². The average molecular weight is 1280 g/mol. The summed E-state index contributed by atoms with van der Waals surface area (Å²) in [6.07, 6.45) is 0. The summed E-state index contributed by atoms with van der Waals surface area (Å²) in [5, 5.41) is 0. The number of benzene rings is 12. The molecule has 2 nitrogen and oxygen atoms in total. The van der Waals surface area contributed by atoms with Crippen LogP contribution in [0.2, 0.25) is 0 Å². The first-order chi connectivity index (χ1) is 46.5. The van der Waals surface area contributed by atoms with Crippen LogP contribution in [0.1, 0.15) is 167 Å². The van der Waals surface area contributed by atoms with Gasteiger partial charge in [-0.1, -0.05) is 294 Å². The number of fused-ring (bicyclic) bond motifs is 6. The summed E-state index contributed by atoms with van der Waals surface area (Å²) in [5.41, 5.74) is 41.7. The monoisotopic (exact) mass is 1280 g/mol. The summed E-state index contributed by atoms with van der Waals surface area (Å²) < 4.78 is 0.